The number of carbonyl (C=O) groups is 1. The van der Waals surface area contributed by atoms with Crippen molar-refractivity contribution in [1.82, 2.24) is 0 Å². The van der Waals surface area contributed by atoms with E-state index in [1.165, 1.54) is 38.5 Å². The van der Waals surface area contributed by atoms with Crippen LogP contribution < -0.4 is 0 Å². The summed E-state index contributed by atoms with van der Waals surface area (Å²) in [5.41, 5.74) is -0.0151. The third kappa shape index (κ3) is 5.13. The summed E-state index contributed by atoms with van der Waals surface area (Å²) in [4.78, 5) is 11.9. The molecule has 2 aliphatic carbocycles. The first kappa shape index (κ1) is 24.6. The molecular weight excluding hydrogens is 386 g/mol. The smallest absolute Gasteiger partial charge is 0.303 e. The fraction of sp³-hybridized carbons (Fsp3) is 0.926. The second kappa shape index (κ2) is 9.82. The van der Waals surface area contributed by atoms with Crippen LogP contribution in [-0.4, -0.2) is 22.8 Å². The Bertz CT molecular complexity index is 670. The third-order valence-corrected chi connectivity index (χ3v) is 9.55. The maximum atomic E-state index is 11.9. The number of nitrogens with zero attached hydrogens (tertiary/aromatic N) is 1. The number of aliphatic carboxylic acids is 1. The summed E-state index contributed by atoms with van der Waals surface area (Å²) in [7, 11) is 0. The van der Waals surface area contributed by atoms with Gasteiger partial charge in [0.25, 0.3) is 0 Å². The van der Waals surface area contributed by atoms with Crippen molar-refractivity contribution in [3.63, 3.8) is 0 Å². The quantitative estimate of drug-likeness (QED) is 0.434. The van der Waals surface area contributed by atoms with E-state index >= 15 is 0 Å². The number of rotatable bonds is 9. The molecule has 1 saturated heterocycles. The third-order valence-electron chi connectivity index (χ3n) is 9.55. The first-order valence-corrected chi connectivity index (χ1v) is 12.9. The minimum Gasteiger partial charge on any atom is -0.481 e. The lowest BCUT2D eigenvalue weighted by atomic mass is 9.53. The van der Waals surface area contributed by atoms with Crippen molar-refractivity contribution in [2.24, 2.45) is 40.9 Å². The van der Waals surface area contributed by atoms with Gasteiger partial charge in [-0.2, -0.15) is 5.26 Å². The van der Waals surface area contributed by atoms with Gasteiger partial charge in [-0.05, 0) is 86.4 Å². The number of nitriles is 1. The number of hydrogen-bond donors (Lipinski definition) is 1. The monoisotopic (exact) mass is 431 g/mol. The molecule has 4 heteroatoms. The van der Waals surface area contributed by atoms with Crippen molar-refractivity contribution in [3.05, 3.63) is 0 Å². The molecule has 0 aromatic heterocycles. The van der Waals surface area contributed by atoms with Gasteiger partial charge < -0.3 is 9.84 Å². The highest BCUT2D eigenvalue weighted by Crippen LogP contribution is 2.64. The van der Waals surface area contributed by atoms with E-state index in [2.05, 4.69) is 40.7 Å². The topological polar surface area (TPSA) is 70.3 Å². The molecule has 1 heterocycles. The Morgan fingerprint density at radius 2 is 1.84 bits per heavy atom. The lowest BCUT2D eigenvalue weighted by Gasteiger charge is -2.53. The van der Waals surface area contributed by atoms with Gasteiger partial charge in [0.1, 0.15) is 0 Å². The first-order chi connectivity index (χ1) is 14.6. The Morgan fingerprint density at radius 3 is 2.48 bits per heavy atom. The number of ether oxygens (including phenoxy) is 1. The van der Waals surface area contributed by atoms with Crippen molar-refractivity contribution in [3.8, 4) is 6.07 Å². The first-order valence-electron chi connectivity index (χ1n) is 12.9. The van der Waals surface area contributed by atoms with Crippen LogP contribution in [0.5, 0.6) is 0 Å². The van der Waals surface area contributed by atoms with Crippen molar-refractivity contribution in [2.75, 3.05) is 0 Å². The van der Waals surface area contributed by atoms with Crippen LogP contribution in [-0.2, 0) is 9.53 Å². The molecule has 176 valence electrons. The molecular formula is C27H45NO3. The van der Waals surface area contributed by atoms with Crippen LogP contribution in [0.1, 0.15) is 105 Å². The highest BCUT2D eigenvalue weighted by molar-refractivity contribution is 5.67. The molecule has 0 radical (unpaired) electrons. The van der Waals surface area contributed by atoms with Gasteiger partial charge in [-0.25, -0.2) is 0 Å². The normalized spacial score (nSPS) is 41.1. The van der Waals surface area contributed by atoms with E-state index in [4.69, 9.17) is 10.00 Å². The minimum atomic E-state index is -0.664. The van der Waals surface area contributed by atoms with E-state index in [1.54, 1.807) is 0 Å². The van der Waals surface area contributed by atoms with Crippen LogP contribution >= 0.6 is 0 Å². The van der Waals surface area contributed by atoms with Crippen LogP contribution in [0.3, 0.4) is 0 Å². The zero-order chi connectivity index (χ0) is 22.8. The maximum Gasteiger partial charge on any atom is 0.303 e. The number of carboxylic acid groups (broad SMARTS) is 1. The van der Waals surface area contributed by atoms with Crippen molar-refractivity contribution in [2.45, 2.75) is 117 Å². The predicted molar refractivity (Wildman–Crippen MR) is 123 cm³/mol. The van der Waals surface area contributed by atoms with Crippen LogP contribution in [0, 0.1) is 52.3 Å². The van der Waals surface area contributed by atoms with E-state index in [0.29, 0.717) is 30.1 Å². The Hall–Kier alpha value is -1.08. The molecule has 0 aromatic rings. The van der Waals surface area contributed by atoms with Crippen molar-refractivity contribution >= 4 is 5.97 Å². The predicted octanol–water partition coefficient (Wildman–Crippen LogP) is 6.83. The highest BCUT2D eigenvalue weighted by Gasteiger charge is 2.59. The number of carboxylic acids is 1. The summed E-state index contributed by atoms with van der Waals surface area (Å²) < 4.78 is 6.46. The van der Waals surface area contributed by atoms with Crippen LogP contribution in [0.2, 0.25) is 0 Å². The van der Waals surface area contributed by atoms with Gasteiger partial charge in [0.2, 0.25) is 0 Å². The highest BCUT2D eigenvalue weighted by atomic mass is 16.5. The van der Waals surface area contributed by atoms with E-state index in [9.17, 15) is 9.90 Å². The number of fused-ring (bicyclic) bond motifs is 1. The summed E-state index contributed by atoms with van der Waals surface area (Å²) in [5, 5.41) is 18.9. The Morgan fingerprint density at radius 1 is 1.10 bits per heavy atom. The summed E-state index contributed by atoms with van der Waals surface area (Å²) in [5.74, 6) is 2.50. The largest absolute Gasteiger partial charge is 0.481 e. The lowest BCUT2D eigenvalue weighted by molar-refractivity contribution is -0.149. The zero-order valence-corrected chi connectivity index (χ0v) is 20.5. The second-order valence-corrected chi connectivity index (χ2v) is 12.0. The molecule has 3 rings (SSSR count). The molecule has 31 heavy (non-hydrogen) atoms. The molecule has 0 unspecified atom stereocenters. The van der Waals surface area contributed by atoms with Crippen molar-refractivity contribution in [1.29, 1.82) is 5.26 Å². The maximum absolute atomic E-state index is 11.9. The van der Waals surface area contributed by atoms with Crippen LogP contribution in [0.15, 0.2) is 0 Å². The van der Waals surface area contributed by atoms with Crippen LogP contribution in [0.25, 0.3) is 0 Å². The van der Waals surface area contributed by atoms with Gasteiger partial charge in [0.15, 0.2) is 0 Å². The minimum absolute atomic E-state index is 0.0195. The molecule has 8 atom stereocenters. The molecule has 0 spiro atoms. The van der Waals surface area contributed by atoms with Gasteiger partial charge >= 0.3 is 5.97 Å². The Labute approximate surface area is 190 Å². The van der Waals surface area contributed by atoms with Gasteiger partial charge in [-0.3, -0.25) is 4.79 Å². The summed E-state index contributed by atoms with van der Waals surface area (Å²) in [6, 6.07) is 2.26. The van der Waals surface area contributed by atoms with E-state index in [0.717, 1.165) is 25.2 Å². The molecule has 3 aliphatic rings. The fourth-order valence-corrected chi connectivity index (χ4v) is 8.02. The number of hydrogen-bond acceptors (Lipinski definition) is 3. The molecule has 4 nitrogen and oxygen atoms in total. The zero-order valence-electron chi connectivity index (χ0n) is 20.5. The van der Waals surface area contributed by atoms with E-state index in [1.807, 2.05) is 0 Å². The van der Waals surface area contributed by atoms with Crippen LogP contribution in [0.4, 0.5) is 0 Å². The molecule has 0 bridgehead atoms. The fourth-order valence-electron chi connectivity index (χ4n) is 8.02. The Balaban J connectivity index is 1.76. The van der Waals surface area contributed by atoms with Crippen molar-refractivity contribution < 1.29 is 14.6 Å². The van der Waals surface area contributed by atoms with E-state index in [-0.39, 0.29) is 29.5 Å². The average Bonchev–Trinajstić information content (AvgIpc) is 3.22. The van der Waals surface area contributed by atoms with Gasteiger partial charge in [-0.1, -0.05) is 47.0 Å². The van der Waals surface area contributed by atoms with Gasteiger partial charge in [0.05, 0.1) is 24.2 Å². The SMILES string of the molecule is CC(C)CCC[C@@H](C)[C@H]1CC[C@H]2[C@H](CC(=O)O)[C@@H]([C@@]3(C)CC[C@@H](CC#N)O3)CC[C@]12C. The summed E-state index contributed by atoms with van der Waals surface area (Å²) in [6.07, 6.45) is 11.2. The lowest BCUT2D eigenvalue weighted by Crippen LogP contribution is -2.50. The molecule has 3 fully saturated rings. The average molecular weight is 432 g/mol. The summed E-state index contributed by atoms with van der Waals surface area (Å²) >= 11 is 0. The molecule has 1 aliphatic heterocycles. The molecule has 2 saturated carbocycles. The second-order valence-electron chi connectivity index (χ2n) is 12.0. The van der Waals surface area contributed by atoms with E-state index < -0.39 is 5.97 Å². The molecule has 0 amide bonds. The molecule has 1 N–H and O–H groups in total. The Kier molecular flexibility index (Phi) is 7.78. The molecule has 0 aromatic carbocycles. The van der Waals surface area contributed by atoms with Gasteiger partial charge in [-0.15, -0.1) is 0 Å². The standard InChI is InChI=1S/C27H45NO3/c1-18(2)7-6-8-19(3)22-9-10-23-21(17-25(29)30)24(12-14-26(22,23)4)27(5)15-11-20(31-27)13-16-28/h18-24H,6-15,17H2,1-5H3,(H,29,30)/t19-,20+,21+,22-,23+,24+,26-,27-/m1/s1. The van der Waals surface area contributed by atoms with Gasteiger partial charge in [0, 0.05) is 6.42 Å². The summed E-state index contributed by atoms with van der Waals surface area (Å²) in [6.45, 7) is 11.7.